The third-order valence-corrected chi connectivity index (χ3v) is 2.32. The lowest BCUT2D eigenvalue weighted by Gasteiger charge is -2.00. The lowest BCUT2D eigenvalue weighted by molar-refractivity contribution is -0.458. The van der Waals surface area contributed by atoms with E-state index in [9.17, 15) is 0 Å². The van der Waals surface area contributed by atoms with Crippen molar-refractivity contribution in [3.63, 3.8) is 0 Å². The van der Waals surface area contributed by atoms with E-state index in [1.54, 1.807) is 0 Å². The van der Waals surface area contributed by atoms with Crippen LogP contribution in [0.5, 0.6) is 0 Å². The highest BCUT2D eigenvalue weighted by Gasteiger charge is 1.73. The van der Waals surface area contributed by atoms with Gasteiger partial charge in [0.2, 0.25) is 0 Å². The summed E-state index contributed by atoms with van der Waals surface area (Å²) >= 11 is 0. The van der Waals surface area contributed by atoms with Crippen LogP contribution in [0.1, 0.15) is 0 Å². The quantitative estimate of drug-likeness (QED) is 0.350. The first kappa shape index (κ1) is 20.4. The molecule has 0 radical (unpaired) electrons. The molecule has 0 saturated heterocycles. The van der Waals surface area contributed by atoms with Crippen molar-refractivity contribution in [2.75, 3.05) is 28.2 Å². The molecule has 0 aromatic carbocycles. The third-order valence-electron chi connectivity index (χ3n) is 2.32. The van der Waals surface area contributed by atoms with Gasteiger partial charge in [-0.15, -0.1) is 0 Å². The Kier molecular flexibility index (Phi) is 14.0. The first-order chi connectivity index (χ1) is 11.1. The zero-order valence-electron chi connectivity index (χ0n) is 14.7. The van der Waals surface area contributed by atoms with Crippen molar-refractivity contribution < 1.29 is 4.58 Å². The Balaban J connectivity index is 3.92. The van der Waals surface area contributed by atoms with E-state index in [1.165, 1.54) is 0 Å². The summed E-state index contributed by atoms with van der Waals surface area (Å²) in [5.74, 6) is 0. The van der Waals surface area contributed by atoms with Gasteiger partial charge in [-0.25, -0.2) is 4.58 Å². The molecule has 0 amide bonds. The molecular formula is C21H29N2+. The van der Waals surface area contributed by atoms with Gasteiger partial charge in [0.25, 0.3) is 0 Å². The largest absolute Gasteiger partial charge is 0.383 e. The van der Waals surface area contributed by atoms with E-state index >= 15 is 0 Å². The van der Waals surface area contributed by atoms with E-state index in [2.05, 4.69) is 0 Å². The zero-order chi connectivity index (χ0) is 17.2. The number of hydrogen-bond donors (Lipinski definition) is 0. The van der Waals surface area contributed by atoms with Crippen LogP contribution >= 0.6 is 0 Å². The van der Waals surface area contributed by atoms with Crippen molar-refractivity contribution in [3.05, 3.63) is 97.3 Å². The normalized spacial score (nSPS) is 13.6. The molecule has 0 aliphatic rings. The molecule has 2 heteroatoms. The van der Waals surface area contributed by atoms with Gasteiger partial charge in [0, 0.05) is 20.2 Å². The van der Waals surface area contributed by atoms with Crippen LogP contribution in [0.15, 0.2) is 97.3 Å². The predicted molar refractivity (Wildman–Crippen MR) is 105 cm³/mol. The highest BCUT2D eigenvalue weighted by Crippen LogP contribution is 1.86. The summed E-state index contributed by atoms with van der Waals surface area (Å²) in [5.41, 5.74) is 0. The maximum Gasteiger partial charge on any atom is 0.162 e. The summed E-state index contributed by atoms with van der Waals surface area (Å²) in [6, 6.07) is 0. The standard InChI is InChI=1S/C21H29N2/c1-22(2)20-18-16-14-12-10-8-6-5-7-9-11-13-15-17-19-21-23(3)4/h5-21H,1-4H3/q+1. The minimum atomic E-state index is 2.00. The van der Waals surface area contributed by atoms with E-state index in [4.69, 9.17) is 0 Å². The number of rotatable bonds is 9. The Morgan fingerprint density at radius 3 is 1.09 bits per heavy atom. The minimum absolute atomic E-state index is 2.00. The lowest BCUT2D eigenvalue weighted by atomic mass is 10.3. The molecule has 0 fully saturated rings. The second kappa shape index (κ2) is 15.8. The molecule has 0 unspecified atom stereocenters. The molecule has 23 heavy (non-hydrogen) atoms. The second-order valence-corrected chi connectivity index (χ2v) is 5.11. The number of hydrogen-bond acceptors (Lipinski definition) is 1. The molecule has 0 atom stereocenters. The van der Waals surface area contributed by atoms with Gasteiger partial charge in [-0.05, 0) is 12.3 Å². The smallest absolute Gasteiger partial charge is 0.162 e. The minimum Gasteiger partial charge on any atom is -0.383 e. The monoisotopic (exact) mass is 309 g/mol. The van der Waals surface area contributed by atoms with Gasteiger partial charge in [-0.1, -0.05) is 79.0 Å². The predicted octanol–water partition coefficient (Wildman–Crippen LogP) is 4.30. The molecule has 2 nitrogen and oxygen atoms in total. The fraction of sp³-hybridized carbons (Fsp3) is 0.190. The van der Waals surface area contributed by atoms with Gasteiger partial charge in [-0.2, -0.15) is 0 Å². The van der Waals surface area contributed by atoms with Gasteiger partial charge in [0.05, 0.1) is 0 Å². The fourth-order valence-corrected chi connectivity index (χ4v) is 1.28. The molecule has 0 bridgehead atoms. The van der Waals surface area contributed by atoms with Crippen LogP contribution in [0.4, 0.5) is 0 Å². The molecule has 0 aromatic heterocycles. The van der Waals surface area contributed by atoms with Gasteiger partial charge >= 0.3 is 0 Å². The van der Waals surface area contributed by atoms with E-state index in [0.29, 0.717) is 0 Å². The average Bonchev–Trinajstić information content (AvgIpc) is 2.49. The molecule has 122 valence electrons. The topological polar surface area (TPSA) is 6.25 Å². The van der Waals surface area contributed by atoms with E-state index in [0.717, 1.165) is 0 Å². The highest BCUT2D eigenvalue weighted by molar-refractivity contribution is 5.66. The van der Waals surface area contributed by atoms with Crippen LogP contribution in [0, 0.1) is 0 Å². The summed E-state index contributed by atoms with van der Waals surface area (Å²) in [6.07, 6.45) is 34.0. The molecule has 0 rings (SSSR count). The van der Waals surface area contributed by atoms with E-state index in [1.807, 2.05) is 141 Å². The summed E-state index contributed by atoms with van der Waals surface area (Å²) < 4.78 is 2.00. The second-order valence-electron chi connectivity index (χ2n) is 5.11. The summed E-state index contributed by atoms with van der Waals surface area (Å²) in [5, 5.41) is 0. The molecular weight excluding hydrogens is 280 g/mol. The SMILES string of the molecule is CN(C)/C=C/C=C/C=C/C=C/C=C/C=C/C=C/C=C/C=[N+](C)C. The van der Waals surface area contributed by atoms with Gasteiger partial charge in [0.1, 0.15) is 14.1 Å². The van der Waals surface area contributed by atoms with E-state index in [-0.39, 0.29) is 0 Å². The van der Waals surface area contributed by atoms with Gasteiger partial charge < -0.3 is 4.90 Å². The molecule has 0 saturated carbocycles. The van der Waals surface area contributed by atoms with E-state index < -0.39 is 0 Å². The first-order valence-corrected chi connectivity index (χ1v) is 7.64. The van der Waals surface area contributed by atoms with Crippen molar-refractivity contribution in [2.45, 2.75) is 0 Å². The molecule has 0 spiro atoms. The van der Waals surface area contributed by atoms with Gasteiger partial charge in [0.15, 0.2) is 6.21 Å². The highest BCUT2D eigenvalue weighted by atomic mass is 15.0. The number of nitrogens with zero attached hydrogens (tertiary/aromatic N) is 2. The summed E-state index contributed by atoms with van der Waals surface area (Å²) in [7, 11) is 8.00. The van der Waals surface area contributed by atoms with Crippen LogP contribution < -0.4 is 0 Å². The van der Waals surface area contributed by atoms with Crippen molar-refractivity contribution >= 4 is 6.21 Å². The molecule has 0 aromatic rings. The average molecular weight is 309 g/mol. The summed E-state index contributed by atoms with van der Waals surface area (Å²) in [6.45, 7) is 0. The third kappa shape index (κ3) is 19.4. The van der Waals surface area contributed by atoms with Crippen LogP contribution in [-0.4, -0.2) is 43.9 Å². The van der Waals surface area contributed by atoms with Crippen molar-refractivity contribution in [1.82, 2.24) is 4.90 Å². The van der Waals surface area contributed by atoms with Crippen LogP contribution in [-0.2, 0) is 0 Å². The van der Waals surface area contributed by atoms with Crippen LogP contribution in [0.3, 0.4) is 0 Å². The van der Waals surface area contributed by atoms with Gasteiger partial charge in [-0.3, -0.25) is 0 Å². The van der Waals surface area contributed by atoms with Crippen molar-refractivity contribution in [2.24, 2.45) is 0 Å². The van der Waals surface area contributed by atoms with Crippen molar-refractivity contribution in [1.29, 1.82) is 0 Å². The molecule has 0 N–H and O–H groups in total. The van der Waals surface area contributed by atoms with Crippen LogP contribution in [0.2, 0.25) is 0 Å². The maximum atomic E-state index is 2.00. The van der Waals surface area contributed by atoms with Crippen molar-refractivity contribution in [3.8, 4) is 0 Å². The Morgan fingerprint density at radius 2 is 0.783 bits per heavy atom. The zero-order valence-corrected chi connectivity index (χ0v) is 14.7. The molecule has 0 aliphatic heterocycles. The maximum absolute atomic E-state index is 2.00. The Labute approximate surface area is 141 Å². The fourth-order valence-electron chi connectivity index (χ4n) is 1.28. The molecule has 0 heterocycles. The van der Waals surface area contributed by atoms with Crippen LogP contribution in [0.25, 0.3) is 0 Å². The Morgan fingerprint density at radius 1 is 0.478 bits per heavy atom. The summed E-state index contributed by atoms with van der Waals surface area (Å²) in [4.78, 5) is 2.00. The first-order valence-electron chi connectivity index (χ1n) is 7.64. The molecule has 0 aliphatic carbocycles. The number of allylic oxidation sites excluding steroid dienone is 15. The Hall–Kier alpha value is -2.61. The Bertz CT molecular complexity index is 544. The lowest BCUT2D eigenvalue weighted by Crippen LogP contribution is -1.99.